The summed E-state index contributed by atoms with van der Waals surface area (Å²) in [4.78, 5) is 0. The molecule has 7 heavy (non-hydrogen) atoms. The van der Waals surface area contributed by atoms with Crippen LogP contribution in [0.2, 0.25) is 0 Å². The molecule has 0 aromatic carbocycles. The van der Waals surface area contributed by atoms with Gasteiger partial charge in [-0.1, -0.05) is 6.92 Å². The Morgan fingerprint density at radius 3 is 2.43 bits per heavy atom. The average Bonchev–Trinajstić information content (AvgIpc) is 1.68. The molecule has 0 aromatic heterocycles. The maximum Gasteiger partial charge on any atom is 0.181 e. The second-order valence-corrected chi connectivity index (χ2v) is 1.50. The predicted octanol–water partition coefficient (Wildman–Crippen LogP) is 1.19. The minimum Gasteiger partial charge on any atom is -0.349 e. The Morgan fingerprint density at radius 2 is 2.29 bits per heavy atom. The third kappa shape index (κ3) is 3.76. The van der Waals surface area contributed by atoms with E-state index < -0.39 is 6.79 Å². The number of hydrogen-bond acceptors (Lipinski definition) is 1. The summed E-state index contributed by atoms with van der Waals surface area (Å²) in [6, 6.07) is 0. The van der Waals surface area contributed by atoms with Crippen molar-refractivity contribution in [1.29, 1.82) is 0 Å². The first-order valence-corrected chi connectivity index (χ1v) is 2.51. The molecule has 1 radical (unpaired) electrons. The summed E-state index contributed by atoms with van der Waals surface area (Å²) in [6.45, 7) is 3.47. The molecule has 0 aliphatic rings. The minimum atomic E-state index is -0.408. The van der Waals surface area contributed by atoms with Gasteiger partial charge in [-0.2, -0.15) is 0 Å². The van der Waals surface area contributed by atoms with Crippen molar-refractivity contribution in [2.24, 2.45) is 0 Å². The van der Waals surface area contributed by atoms with Crippen molar-refractivity contribution in [3.8, 4) is 0 Å². The zero-order valence-corrected chi connectivity index (χ0v) is 4.81. The van der Waals surface area contributed by atoms with E-state index in [9.17, 15) is 5.11 Å². The molecule has 0 N–H and O–H groups in total. The molecule has 2 heteroatoms. The quantitative estimate of drug-likeness (QED) is 0.493. The molecule has 0 aliphatic heterocycles. The van der Waals surface area contributed by atoms with Crippen LogP contribution in [0.15, 0.2) is 0 Å². The van der Waals surface area contributed by atoms with Crippen LogP contribution < -0.4 is 0 Å². The van der Waals surface area contributed by atoms with E-state index >= 15 is 0 Å². The zero-order chi connectivity index (χ0) is 5.70. The molecule has 0 aliphatic carbocycles. The van der Waals surface area contributed by atoms with Crippen LogP contribution in [-0.2, 0) is 9.84 Å². The van der Waals surface area contributed by atoms with Crippen molar-refractivity contribution < 1.29 is 9.84 Å². The molecule has 0 spiro atoms. The Labute approximate surface area is 44.1 Å². The van der Waals surface area contributed by atoms with Crippen LogP contribution in [-0.4, -0.2) is 12.9 Å². The van der Waals surface area contributed by atoms with Crippen molar-refractivity contribution in [3.05, 3.63) is 0 Å². The van der Waals surface area contributed by atoms with E-state index in [1.807, 2.05) is 13.8 Å². The Morgan fingerprint density at radius 1 is 1.71 bits per heavy atom. The number of rotatable bonds is 3. The second kappa shape index (κ2) is 4.09. The summed E-state index contributed by atoms with van der Waals surface area (Å²) in [5, 5.41) is 9.68. The van der Waals surface area contributed by atoms with Crippen molar-refractivity contribution >= 4 is 0 Å². The molecule has 0 saturated carbocycles. The topological polar surface area (TPSA) is 29.1 Å². The molecule has 0 heterocycles. The van der Waals surface area contributed by atoms with Gasteiger partial charge in [0.1, 0.15) is 0 Å². The van der Waals surface area contributed by atoms with Crippen LogP contribution in [0.5, 0.6) is 0 Å². The van der Waals surface area contributed by atoms with Gasteiger partial charge in [-0.15, -0.1) is 0 Å². The van der Waals surface area contributed by atoms with E-state index in [0.29, 0.717) is 0 Å². The number of hydrogen-bond donors (Lipinski definition) is 0. The first-order valence-electron chi connectivity index (χ1n) is 2.51. The molecular formula is C5H11O2. The summed E-state index contributed by atoms with van der Waals surface area (Å²) < 4.78 is 4.64. The zero-order valence-electron chi connectivity index (χ0n) is 4.81. The summed E-state index contributed by atoms with van der Waals surface area (Å²) in [6.07, 6.45) is 1.06. The highest BCUT2D eigenvalue weighted by Gasteiger charge is 1.93. The van der Waals surface area contributed by atoms with Crippen LogP contribution in [0.4, 0.5) is 0 Å². The first-order chi connectivity index (χ1) is 3.31. The lowest BCUT2D eigenvalue weighted by Gasteiger charge is -2.03. The molecule has 43 valence electrons. The summed E-state index contributed by atoms with van der Waals surface area (Å²) in [5.74, 6) is 0. The van der Waals surface area contributed by atoms with Crippen LogP contribution in [0.1, 0.15) is 20.3 Å². The van der Waals surface area contributed by atoms with E-state index in [4.69, 9.17) is 0 Å². The van der Waals surface area contributed by atoms with Gasteiger partial charge in [-0.3, -0.25) is 0 Å². The molecule has 2 nitrogen and oxygen atoms in total. The number of ether oxygens (including phenoxy) is 1. The fourth-order valence-electron chi connectivity index (χ4n) is 0.234. The maximum absolute atomic E-state index is 9.68. The van der Waals surface area contributed by atoms with E-state index in [1.54, 1.807) is 0 Å². The molecular weight excluding hydrogens is 92.1 g/mol. The second-order valence-electron chi connectivity index (χ2n) is 1.50. The monoisotopic (exact) mass is 103 g/mol. The predicted molar refractivity (Wildman–Crippen MR) is 26.4 cm³/mol. The van der Waals surface area contributed by atoms with Gasteiger partial charge in [0.05, 0.1) is 6.10 Å². The van der Waals surface area contributed by atoms with Gasteiger partial charge < -0.3 is 4.74 Å². The van der Waals surface area contributed by atoms with Crippen LogP contribution in [0.3, 0.4) is 0 Å². The Hall–Kier alpha value is -0.0800. The Balaban J connectivity index is 2.83. The first kappa shape index (κ1) is 6.92. The fraction of sp³-hybridized carbons (Fsp3) is 1.00. The molecule has 0 amide bonds. The molecule has 0 bridgehead atoms. The standard InChI is InChI=1S/C5H11O2/c1-3-5(2)7-4-6/h5H,3-4H2,1-2H3/t5-/m0/s1. The van der Waals surface area contributed by atoms with Crippen molar-refractivity contribution in [1.82, 2.24) is 0 Å². The highest BCUT2D eigenvalue weighted by atomic mass is 16.6. The molecule has 0 fully saturated rings. The van der Waals surface area contributed by atoms with Gasteiger partial charge in [-0.05, 0) is 13.3 Å². The summed E-state index contributed by atoms with van der Waals surface area (Å²) in [5.41, 5.74) is 0. The lowest BCUT2D eigenvalue weighted by atomic mass is 10.3. The SMILES string of the molecule is CC[C@H](C)OC[O]. The van der Waals surface area contributed by atoms with Crippen molar-refractivity contribution in [2.75, 3.05) is 6.79 Å². The Bertz CT molecular complexity index is 37.1. The van der Waals surface area contributed by atoms with E-state index in [-0.39, 0.29) is 6.10 Å². The van der Waals surface area contributed by atoms with Crippen molar-refractivity contribution in [2.45, 2.75) is 26.4 Å². The molecule has 0 aromatic rings. The van der Waals surface area contributed by atoms with Gasteiger partial charge in [0, 0.05) is 0 Å². The normalized spacial score (nSPS) is 14.1. The highest BCUT2D eigenvalue weighted by molar-refractivity contribution is 4.39. The van der Waals surface area contributed by atoms with E-state index in [0.717, 1.165) is 6.42 Å². The van der Waals surface area contributed by atoms with Gasteiger partial charge in [0.15, 0.2) is 6.79 Å². The van der Waals surface area contributed by atoms with Gasteiger partial charge in [-0.25, -0.2) is 5.11 Å². The molecule has 0 saturated heterocycles. The van der Waals surface area contributed by atoms with E-state index in [2.05, 4.69) is 4.74 Å². The summed E-state index contributed by atoms with van der Waals surface area (Å²) >= 11 is 0. The third-order valence-corrected chi connectivity index (χ3v) is 0.927. The fourth-order valence-corrected chi connectivity index (χ4v) is 0.234. The van der Waals surface area contributed by atoms with Crippen LogP contribution in [0.25, 0.3) is 0 Å². The maximum atomic E-state index is 9.68. The molecule has 1 atom stereocenters. The average molecular weight is 103 g/mol. The largest absolute Gasteiger partial charge is 0.349 e. The highest BCUT2D eigenvalue weighted by Crippen LogP contribution is 1.92. The smallest absolute Gasteiger partial charge is 0.181 e. The third-order valence-electron chi connectivity index (χ3n) is 0.927. The molecule has 0 rings (SSSR count). The van der Waals surface area contributed by atoms with Gasteiger partial charge >= 0.3 is 0 Å². The minimum absolute atomic E-state index is 0.137. The van der Waals surface area contributed by atoms with Gasteiger partial charge in [0.2, 0.25) is 0 Å². The lowest BCUT2D eigenvalue weighted by molar-refractivity contribution is -0.0780. The summed E-state index contributed by atoms with van der Waals surface area (Å²) in [7, 11) is 0. The van der Waals surface area contributed by atoms with Crippen LogP contribution >= 0.6 is 0 Å². The Kier molecular flexibility index (Phi) is 4.04. The van der Waals surface area contributed by atoms with Crippen LogP contribution in [0, 0.1) is 0 Å². The van der Waals surface area contributed by atoms with E-state index in [1.165, 1.54) is 0 Å². The van der Waals surface area contributed by atoms with Crippen molar-refractivity contribution in [3.63, 3.8) is 0 Å². The lowest BCUT2D eigenvalue weighted by Crippen LogP contribution is -2.05. The molecule has 0 unspecified atom stereocenters. The van der Waals surface area contributed by atoms with Gasteiger partial charge in [0.25, 0.3) is 0 Å².